The third kappa shape index (κ3) is 7.17. The number of nitrogens with one attached hydrogen (secondary N) is 1. The lowest BCUT2D eigenvalue weighted by molar-refractivity contribution is -0.134. The first kappa shape index (κ1) is 18.1. The van der Waals surface area contributed by atoms with Crippen molar-refractivity contribution in [2.24, 2.45) is 0 Å². The summed E-state index contributed by atoms with van der Waals surface area (Å²) in [6.45, 7) is 2.99. The van der Waals surface area contributed by atoms with Crippen LogP contribution in [0.1, 0.15) is 18.9 Å². The molecule has 0 fully saturated rings. The maximum absolute atomic E-state index is 12.8. The van der Waals surface area contributed by atoms with E-state index in [-0.39, 0.29) is 24.2 Å². The standard InChI is InChI=1S/C16H23FN2O3/c1-13(20)19(10-3-11-22-2)12-16(21)18-9-8-14-4-6-15(17)7-5-14/h4-7H,3,8-12H2,1-2H3,(H,18,21). The Morgan fingerprint density at radius 2 is 1.95 bits per heavy atom. The smallest absolute Gasteiger partial charge is 0.239 e. The summed E-state index contributed by atoms with van der Waals surface area (Å²) < 4.78 is 17.7. The third-order valence-electron chi connectivity index (χ3n) is 3.21. The van der Waals surface area contributed by atoms with Crippen LogP contribution in [0.3, 0.4) is 0 Å². The number of amides is 2. The van der Waals surface area contributed by atoms with Gasteiger partial charge in [0.25, 0.3) is 0 Å². The van der Waals surface area contributed by atoms with Crippen molar-refractivity contribution in [1.82, 2.24) is 10.2 Å². The molecule has 1 N–H and O–H groups in total. The summed E-state index contributed by atoms with van der Waals surface area (Å²) >= 11 is 0. The summed E-state index contributed by atoms with van der Waals surface area (Å²) in [6.07, 6.45) is 1.31. The molecule has 0 aliphatic carbocycles. The molecule has 0 saturated heterocycles. The van der Waals surface area contributed by atoms with Gasteiger partial charge in [0.2, 0.25) is 11.8 Å². The number of carbonyl (C=O) groups is 2. The lowest BCUT2D eigenvalue weighted by Crippen LogP contribution is -2.41. The molecule has 0 saturated carbocycles. The van der Waals surface area contributed by atoms with E-state index >= 15 is 0 Å². The highest BCUT2D eigenvalue weighted by atomic mass is 19.1. The molecule has 122 valence electrons. The molecule has 0 aromatic heterocycles. The van der Waals surface area contributed by atoms with Crippen molar-refractivity contribution in [2.75, 3.05) is 33.4 Å². The number of rotatable bonds is 9. The molecule has 1 aromatic rings. The van der Waals surface area contributed by atoms with Gasteiger partial charge in [-0.25, -0.2) is 4.39 Å². The van der Waals surface area contributed by atoms with Crippen LogP contribution in [-0.4, -0.2) is 50.1 Å². The van der Waals surface area contributed by atoms with Crippen LogP contribution in [0.5, 0.6) is 0 Å². The van der Waals surface area contributed by atoms with E-state index in [1.54, 1.807) is 19.2 Å². The van der Waals surface area contributed by atoms with Crippen LogP contribution in [0, 0.1) is 5.82 Å². The second-order valence-corrected chi connectivity index (χ2v) is 5.01. The van der Waals surface area contributed by atoms with E-state index in [4.69, 9.17) is 4.74 Å². The quantitative estimate of drug-likeness (QED) is 0.701. The number of ether oxygens (including phenoxy) is 1. The molecule has 0 heterocycles. The number of nitrogens with zero attached hydrogens (tertiary/aromatic N) is 1. The first-order valence-electron chi connectivity index (χ1n) is 7.28. The van der Waals surface area contributed by atoms with E-state index in [2.05, 4.69) is 5.32 Å². The molecule has 0 unspecified atom stereocenters. The van der Waals surface area contributed by atoms with Gasteiger partial charge in [0.05, 0.1) is 6.54 Å². The fraction of sp³-hybridized carbons (Fsp3) is 0.500. The molecule has 0 aliphatic heterocycles. The topological polar surface area (TPSA) is 58.6 Å². The van der Waals surface area contributed by atoms with Crippen LogP contribution in [0.15, 0.2) is 24.3 Å². The minimum Gasteiger partial charge on any atom is -0.385 e. The normalized spacial score (nSPS) is 10.3. The van der Waals surface area contributed by atoms with Crippen LogP contribution < -0.4 is 5.32 Å². The van der Waals surface area contributed by atoms with Crippen LogP contribution in [0.2, 0.25) is 0 Å². The number of carbonyl (C=O) groups excluding carboxylic acids is 2. The third-order valence-corrected chi connectivity index (χ3v) is 3.21. The first-order chi connectivity index (χ1) is 10.5. The lowest BCUT2D eigenvalue weighted by atomic mass is 10.1. The largest absolute Gasteiger partial charge is 0.385 e. The Morgan fingerprint density at radius 1 is 1.27 bits per heavy atom. The average molecular weight is 310 g/mol. The van der Waals surface area contributed by atoms with Crippen LogP contribution >= 0.6 is 0 Å². The summed E-state index contributed by atoms with van der Waals surface area (Å²) in [4.78, 5) is 24.8. The van der Waals surface area contributed by atoms with Gasteiger partial charge in [-0.1, -0.05) is 12.1 Å². The van der Waals surface area contributed by atoms with E-state index in [1.165, 1.54) is 24.0 Å². The Bertz CT molecular complexity index is 477. The monoisotopic (exact) mass is 310 g/mol. The van der Waals surface area contributed by atoms with Crippen LogP contribution in [0.4, 0.5) is 4.39 Å². The highest BCUT2D eigenvalue weighted by Gasteiger charge is 2.12. The van der Waals surface area contributed by atoms with E-state index in [1.807, 2.05) is 0 Å². The molecule has 0 aliphatic rings. The molecule has 0 spiro atoms. The molecule has 0 radical (unpaired) electrons. The SMILES string of the molecule is COCCCN(CC(=O)NCCc1ccc(F)cc1)C(C)=O. The fourth-order valence-electron chi connectivity index (χ4n) is 1.97. The van der Waals surface area contributed by atoms with Gasteiger partial charge in [-0.05, 0) is 30.5 Å². The van der Waals surface area contributed by atoms with Gasteiger partial charge < -0.3 is 15.0 Å². The van der Waals surface area contributed by atoms with Crippen molar-refractivity contribution in [2.45, 2.75) is 19.8 Å². The lowest BCUT2D eigenvalue weighted by Gasteiger charge is -2.20. The number of benzene rings is 1. The first-order valence-corrected chi connectivity index (χ1v) is 7.28. The molecule has 22 heavy (non-hydrogen) atoms. The van der Waals surface area contributed by atoms with Gasteiger partial charge in [-0.3, -0.25) is 9.59 Å². The van der Waals surface area contributed by atoms with Gasteiger partial charge in [-0.15, -0.1) is 0 Å². The minimum absolute atomic E-state index is 0.0441. The van der Waals surface area contributed by atoms with Crippen molar-refractivity contribution in [3.8, 4) is 0 Å². The summed E-state index contributed by atoms with van der Waals surface area (Å²) in [6, 6.07) is 6.16. The zero-order valence-electron chi connectivity index (χ0n) is 13.1. The number of hydrogen-bond acceptors (Lipinski definition) is 3. The Kier molecular flexibility index (Phi) is 8.14. The Labute approximate surface area is 130 Å². The van der Waals surface area contributed by atoms with Crippen LogP contribution in [0.25, 0.3) is 0 Å². The van der Waals surface area contributed by atoms with Crippen molar-refractivity contribution in [3.05, 3.63) is 35.6 Å². The van der Waals surface area contributed by atoms with E-state index in [0.29, 0.717) is 32.5 Å². The van der Waals surface area contributed by atoms with E-state index < -0.39 is 0 Å². The van der Waals surface area contributed by atoms with Gasteiger partial charge in [0.1, 0.15) is 5.82 Å². The van der Waals surface area contributed by atoms with Gasteiger partial charge in [-0.2, -0.15) is 0 Å². The molecule has 2 amide bonds. The predicted octanol–water partition coefficient (Wildman–Crippen LogP) is 1.37. The molecule has 1 aromatic carbocycles. The average Bonchev–Trinajstić information content (AvgIpc) is 2.48. The van der Waals surface area contributed by atoms with Gasteiger partial charge >= 0.3 is 0 Å². The van der Waals surface area contributed by atoms with Crippen molar-refractivity contribution in [3.63, 3.8) is 0 Å². The highest BCUT2D eigenvalue weighted by molar-refractivity contribution is 5.83. The van der Waals surface area contributed by atoms with E-state index in [9.17, 15) is 14.0 Å². The summed E-state index contributed by atoms with van der Waals surface area (Å²) in [5, 5.41) is 2.76. The molecule has 6 heteroatoms. The maximum Gasteiger partial charge on any atom is 0.239 e. The molecule has 0 atom stereocenters. The van der Waals surface area contributed by atoms with E-state index in [0.717, 1.165) is 5.56 Å². The van der Waals surface area contributed by atoms with Crippen molar-refractivity contribution in [1.29, 1.82) is 0 Å². The summed E-state index contributed by atoms with van der Waals surface area (Å²) in [5.74, 6) is -0.611. The molecule has 0 bridgehead atoms. The Balaban J connectivity index is 2.30. The Morgan fingerprint density at radius 3 is 2.55 bits per heavy atom. The number of hydrogen-bond donors (Lipinski definition) is 1. The van der Waals surface area contributed by atoms with Crippen molar-refractivity contribution < 1.29 is 18.7 Å². The second kappa shape index (κ2) is 9.89. The Hall–Kier alpha value is -1.95. The minimum atomic E-state index is -0.277. The van der Waals surface area contributed by atoms with Gasteiger partial charge in [0.15, 0.2) is 0 Å². The summed E-state index contributed by atoms with van der Waals surface area (Å²) in [5.41, 5.74) is 0.949. The zero-order valence-corrected chi connectivity index (χ0v) is 13.1. The second-order valence-electron chi connectivity index (χ2n) is 5.01. The predicted molar refractivity (Wildman–Crippen MR) is 81.9 cm³/mol. The van der Waals surface area contributed by atoms with Gasteiger partial charge in [0, 0.05) is 33.7 Å². The highest BCUT2D eigenvalue weighted by Crippen LogP contribution is 2.02. The fourth-order valence-corrected chi connectivity index (χ4v) is 1.97. The maximum atomic E-state index is 12.8. The molecule has 5 nitrogen and oxygen atoms in total. The van der Waals surface area contributed by atoms with Crippen molar-refractivity contribution >= 4 is 11.8 Å². The van der Waals surface area contributed by atoms with Crippen LogP contribution in [-0.2, 0) is 20.7 Å². The molecular formula is C16H23FN2O3. The molecule has 1 rings (SSSR count). The number of methoxy groups -OCH3 is 1. The molecular weight excluding hydrogens is 287 g/mol. The number of halogens is 1. The zero-order chi connectivity index (χ0) is 16.4. The summed E-state index contributed by atoms with van der Waals surface area (Å²) in [7, 11) is 1.60.